The Morgan fingerprint density at radius 3 is 2.73 bits per heavy atom. The molecule has 9 heteroatoms. The SMILES string of the molecule is CNS(=O)(=O)c1ccc2c(c1)/C(=C\c1cc3cc(OCCN4CCCC4)ccc3[nH]1)C(=O)N2. The molecule has 172 valence electrons. The highest BCUT2D eigenvalue weighted by Crippen LogP contribution is 2.35. The minimum atomic E-state index is -3.61. The summed E-state index contributed by atoms with van der Waals surface area (Å²) in [5.41, 5.74) is 3.23. The number of fused-ring (bicyclic) bond motifs is 2. The highest BCUT2D eigenvalue weighted by Gasteiger charge is 2.26. The maximum Gasteiger partial charge on any atom is 0.256 e. The van der Waals surface area contributed by atoms with E-state index in [1.807, 2.05) is 24.3 Å². The zero-order valence-corrected chi connectivity index (χ0v) is 19.2. The number of sulfonamides is 1. The first-order valence-corrected chi connectivity index (χ1v) is 12.5. The van der Waals surface area contributed by atoms with Gasteiger partial charge in [0.15, 0.2) is 0 Å². The quantitative estimate of drug-likeness (QED) is 0.465. The summed E-state index contributed by atoms with van der Waals surface area (Å²) in [5, 5.41) is 3.77. The van der Waals surface area contributed by atoms with Crippen LogP contribution in [-0.4, -0.2) is 57.5 Å². The fraction of sp³-hybridized carbons (Fsp3) is 0.292. The molecule has 2 aromatic carbocycles. The smallest absolute Gasteiger partial charge is 0.256 e. The van der Waals surface area contributed by atoms with Gasteiger partial charge in [-0.2, -0.15) is 0 Å². The van der Waals surface area contributed by atoms with Crippen molar-refractivity contribution in [2.45, 2.75) is 17.7 Å². The molecule has 0 spiro atoms. The van der Waals surface area contributed by atoms with Gasteiger partial charge in [-0.05, 0) is 81.5 Å². The summed E-state index contributed by atoms with van der Waals surface area (Å²) in [5.74, 6) is 0.541. The van der Waals surface area contributed by atoms with Crippen molar-refractivity contribution in [3.05, 3.63) is 53.7 Å². The second kappa shape index (κ2) is 8.66. The summed E-state index contributed by atoms with van der Waals surface area (Å²) in [7, 11) is -2.25. The van der Waals surface area contributed by atoms with E-state index in [4.69, 9.17) is 4.74 Å². The van der Waals surface area contributed by atoms with Crippen LogP contribution in [0.25, 0.3) is 22.6 Å². The van der Waals surface area contributed by atoms with Crippen LogP contribution in [0.1, 0.15) is 24.1 Å². The van der Waals surface area contributed by atoms with Gasteiger partial charge >= 0.3 is 0 Å². The van der Waals surface area contributed by atoms with Crippen LogP contribution in [0.4, 0.5) is 5.69 Å². The highest BCUT2D eigenvalue weighted by molar-refractivity contribution is 7.89. The first-order valence-electron chi connectivity index (χ1n) is 11.0. The van der Waals surface area contributed by atoms with Crippen molar-refractivity contribution in [3.8, 4) is 5.75 Å². The number of carbonyl (C=O) groups is 1. The number of ether oxygens (including phenoxy) is 1. The summed E-state index contributed by atoms with van der Waals surface area (Å²) in [4.78, 5) is 18.4. The number of amides is 1. The largest absolute Gasteiger partial charge is 0.492 e. The predicted molar refractivity (Wildman–Crippen MR) is 129 cm³/mol. The number of H-pyrrole nitrogens is 1. The maximum absolute atomic E-state index is 12.6. The zero-order chi connectivity index (χ0) is 23.0. The summed E-state index contributed by atoms with van der Waals surface area (Å²) in [6.07, 6.45) is 4.27. The Kier molecular flexibility index (Phi) is 5.69. The second-order valence-corrected chi connectivity index (χ2v) is 10.2. The van der Waals surface area contributed by atoms with Crippen LogP contribution in [0.2, 0.25) is 0 Å². The first kappa shape index (κ1) is 21.7. The van der Waals surface area contributed by atoms with Gasteiger partial charge < -0.3 is 15.0 Å². The maximum atomic E-state index is 12.6. The molecule has 3 heterocycles. The molecule has 0 aliphatic carbocycles. The number of benzene rings is 2. The molecule has 8 nitrogen and oxygen atoms in total. The van der Waals surface area contributed by atoms with Gasteiger partial charge in [0.2, 0.25) is 10.0 Å². The predicted octanol–water partition coefficient (Wildman–Crippen LogP) is 3.04. The number of anilines is 1. The van der Waals surface area contributed by atoms with Gasteiger partial charge in [-0.3, -0.25) is 9.69 Å². The molecule has 5 rings (SSSR count). The molecule has 3 aromatic rings. The van der Waals surface area contributed by atoms with Crippen LogP contribution in [0, 0.1) is 0 Å². The van der Waals surface area contributed by atoms with Crippen molar-refractivity contribution in [2.24, 2.45) is 0 Å². The van der Waals surface area contributed by atoms with Crippen LogP contribution in [-0.2, 0) is 14.8 Å². The number of aromatic nitrogens is 1. The number of nitrogens with one attached hydrogen (secondary N) is 3. The highest BCUT2D eigenvalue weighted by atomic mass is 32.2. The van der Waals surface area contributed by atoms with E-state index in [1.165, 1.54) is 32.0 Å². The molecule has 2 aliphatic rings. The van der Waals surface area contributed by atoms with E-state index < -0.39 is 10.0 Å². The van der Waals surface area contributed by atoms with Gasteiger partial charge in [0.25, 0.3) is 5.91 Å². The Morgan fingerprint density at radius 2 is 1.94 bits per heavy atom. The summed E-state index contributed by atoms with van der Waals surface area (Å²) in [6, 6.07) is 12.4. The number of carbonyl (C=O) groups excluding carboxylic acids is 1. The number of likely N-dealkylation sites (tertiary alicyclic amines) is 1. The van der Waals surface area contributed by atoms with Gasteiger partial charge in [-0.25, -0.2) is 13.1 Å². The lowest BCUT2D eigenvalue weighted by Crippen LogP contribution is -2.25. The first-order chi connectivity index (χ1) is 15.9. The molecule has 1 saturated heterocycles. The Bertz CT molecular complexity index is 1350. The lowest BCUT2D eigenvalue weighted by molar-refractivity contribution is -0.110. The fourth-order valence-corrected chi connectivity index (χ4v) is 5.11. The van der Waals surface area contributed by atoms with E-state index in [1.54, 1.807) is 12.1 Å². The lowest BCUT2D eigenvalue weighted by Gasteiger charge is -2.14. The third-order valence-corrected chi connectivity index (χ3v) is 7.55. The molecule has 2 aliphatic heterocycles. The van der Waals surface area contributed by atoms with Gasteiger partial charge in [0, 0.05) is 34.4 Å². The van der Waals surface area contributed by atoms with E-state index in [-0.39, 0.29) is 10.8 Å². The van der Waals surface area contributed by atoms with E-state index in [0.717, 1.165) is 42.0 Å². The van der Waals surface area contributed by atoms with Crippen LogP contribution in [0.15, 0.2) is 47.4 Å². The number of rotatable bonds is 7. The van der Waals surface area contributed by atoms with E-state index in [0.29, 0.717) is 23.4 Å². The number of aromatic amines is 1. The molecule has 0 bridgehead atoms. The van der Waals surface area contributed by atoms with Crippen LogP contribution < -0.4 is 14.8 Å². The van der Waals surface area contributed by atoms with Gasteiger partial charge in [0.1, 0.15) is 12.4 Å². The molecule has 1 fully saturated rings. The molecule has 0 unspecified atom stereocenters. The number of hydrogen-bond donors (Lipinski definition) is 3. The molecular weight excluding hydrogens is 440 g/mol. The Labute approximate surface area is 192 Å². The van der Waals surface area contributed by atoms with Gasteiger partial charge in [-0.15, -0.1) is 0 Å². The van der Waals surface area contributed by atoms with Crippen molar-refractivity contribution in [3.63, 3.8) is 0 Å². The van der Waals surface area contributed by atoms with Crippen molar-refractivity contribution >= 4 is 44.2 Å². The van der Waals surface area contributed by atoms with E-state index >= 15 is 0 Å². The zero-order valence-electron chi connectivity index (χ0n) is 18.3. The monoisotopic (exact) mass is 466 g/mol. The molecule has 1 amide bonds. The van der Waals surface area contributed by atoms with Crippen molar-refractivity contribution in [1.82, 2.24) is 14.6 Å². The lowest BCUT2D eigenvalue weighted by atomic mass is 10.1. The van der Waals surface area contributed by atoms with Crippen LogP contribution in [0.5, 0.6) is 5.75 Å². The molecule has 3 N–H and O–H groups in total. The Hall–Kier alpha value is -3.14. The average molecular weight is 467 g/mol. The van der Waals surface area contributed by atoms with Gasteiger partial charge in [0.05, 0.1) is 10.5 Å². The topological polar surface area (TPSA) is 104 Å². The molecule has 1 aromatic heterocycles. The number of nitrogens with zero attached hydrogens (tertiary/aromatic N) is 1. The fourth-order valence-electron chi connectivity index (χ4n) is 4.35. The molecular formula is C24H26N4O4S. The van der Waals surface area contributed by atoms with Gasteiger partial charge in [-0.1, -0.05) is 0 Å². The minimum Gasteiger partial charge on any atom is -0.492 e. The molecule has 0 atom stereocenters. The molecule has 0 radical (unpaired) electrons. The van der Waals surface area contributed by atoms with Crippen molar-refractivity contribution < 1.29 is 17.9 Å². The van der Waals surface area contributed by atoms with E-state index in [9.17, 15) is 13.2 Å². The normalized spacial score (nSPS) is 17.6. The molecule has 0 saturated carbocycles. The Balaban J connectivity index is 1.39. The van der Waals surface area contributed by atoms with Crippen LogP contribution in [0.3, 0.4) is 0 Å². The minimum absolute atomic E-state index is 0.110. The number of hydrogen-bond acceptors (Lipinski definition) is 5. The second-order valence-electron chi connectivity index (χ2n) is 8.30. The summed E-state index contributed by atoms with van der Waals surface area (Å²) >= 11 is 0. The van der Waals surface area contributed by atoms with Crippen molar-refractivity contribution in [1.29, 1.82) is 0 Å². The van der Waals surface area contributed by atoms with Crippen molar-refractivity contribution in [2.75, 3.05) is 38.6 Å². The van der Waals surface area contributed by atoms with Crippen LogP contribution >= 0.6 is 0 Å². The third kappa shape index (κ3) is 4.39. The summed E-state index contributed by atoms with van der Waals surface area (Å²) < 4.78 is 32.6. The average Bonchev–Trinajstić information content (AvgIpc) is 3.53. The molecule has 33 heavy (non-hydrogen) atoms. The summed E-state index contributed by atoms with van der Waals surface area (Å²) in [6.45, 7) is 3.89. The van der Waals surface area contributed by atoms with E-state index in [2.05, 4.69) is 19.9 Å². The standard InChI is InChI=1S/C24H26N4O4S/c1-25-33(30,31)19-5-7-23-20(15-19)21(24(29)27-23)14-17-12-16-13-18(4-6-22(16)26-17)32-11-10-28-8-2-3-9-28/h4-7,12-15,25-26H,2-3,8-11H2,1H3,(H,27,29)/b21-14+. The third-order valence-electron chi connectivity index (χ3n) is 6.14. The Morgan fingerprint density at radius 1 is 1.12 bits per heavy atom.